The van der Waals surface area contributed by atoms with Gasteiger partial charge < -0.3 is 5.11 Å². The molecule has 4 nitrogen and oxygen atoms in total. The zero-order valence-electron chi connectivity index (χ0n) is 8.55. The van der Waals surface area contributed by atoms with Gasteiger partial charge in [-0.25, -0.2) is 17.6 Å². The van der Waals surface area contributed by atoms with Gasteiger partial charge in [-0.1, -0.05) is 19.1 Å². The van der Waals surface area contributed by atoms with Gasteiger partial charge in [0.15, 0.2) is 9.84 Å². The maximum Gasteiger partial charge on any atom is 0.343 e. The number of alkyl halides is 1. The number of carboxylic acid groups (broad SMARTS) is 1. The summed E-state index contributed by atoms with van der Waals surface area (Å²) in [5, 5.41) is 8.46. The minimum absolute atomic E-state index is 0.0589. The second-order valence-corrected chi connectivity index (χ2v) is 5.45. The van der Waals surface area contributed by atoms with E-state index in [0.29, 0.717) is 0 Å². The third kappa shape index (κ3) is 2.57. The Morgan fingerprint density at radius 3 is 2.62 bits per heavy atom. The van der Waals surface area contributed by atoms with Crippen LogP contribution in [0.5, 0.6) is 0 Å². The van der Waals surface area contributed by atoms with Crippen molar-refractivity contribution in [3.8, 4) is 0 Å². The average Bonchev–Trinajstić information content (AvgIpc) is 2.28. The zero-order valence-corrected chi connectivity index (χ0v) is 9.37. The molecule has 1 atom stereocenters. The van der Waals surface area contributed by atoms with Crippen molar-refractivity contribution in [1.82, 2.24) is 0 Å². The highest BCUT2D eigenvalue weighted by molar-refractivity contribution is 7.91. The molecule has 88 valence electrons. The maximum absolute atomic E-state index is 13.1. The Kier molecular flexibility index (Phi) is 3.64. The van der Waals surface area contributed by atoms with Gasteiger partial charge in [-0.3, -0.25) is 0 Å². The van der Waals surface area contributed by atoms with E-state index in [-0.39, 0.29) is 16.2 Å². The summed E-state index contributed by atoms with van der Waals surface area (Å²) in [5.74, 6) is -1.74. The first-order valence-electron chi connectivity index (χ1n) is 4.58. The van der Waals surface area contributed by atoms with E-state index in [1.807, 2.05) is 0 Å². The number of hydrogen-bond donors (Lipinski definition) is 1. The van der Waals surface area contributed by atoms with Crippen LogP contribution in [-0.2, 0) is 14.6 Å². The quantitative estimate of drug-likeness (QED) is 0.875. The Labute approximate surface area is 92.6 Å². The fourth-order valence-electron chi connectivity index (χ4n) is 1.17. The SMILES string of the molecule is CCS(=O)(=O)c1cccc(C(F)C(=O)O)c1. The van der Waals surface area contributed by atoms with Crippen LogP contribution < -0.4 is 0 Å². The number of carboxylic acids is 1. The summed E-state index contributed by atoms with van der Waals surface area (Å²) in [4.78, 5) is 10.3. The molecule has 0 aliphatic carbocycles. The lowest BCUT2D eigenvalue weighted by molar-refractivity contribution is -0.143. The van der Waals surface area contributed by atoms with Crippen LogP contribution in [0.1, 0.15) is 18.7 Å². The molecular formula is C10H11FO4S. The van der Waals surface area contributed by atoms with Crippen LogP contribution in [0.15, 0.2) is 29.2 Å². The van der Waals surface area contributed by atoms with E-state index in [0.717, 1.165) is 6.07 Å². The van der Waals surface area contributed by atoms with Gasteiger partial charge in [0.05, 0.1) is 10.6 Å². The molecule has 0 aliphatic rings. The van der Waals surface area contributed by atoms with Crippen molar-refractivity contribution in [2.24, 2.45) is 0 Å². The minimum Gasteiger partial charge on any atom is -0.479 e. The number of halogens is 1. The molecule has 0 heterocycles. The van der Waals surface area contributed by atoms with E-state index in [2.05, 4.69) is 0 Å². The lowest BCUT2D eigenvalue weighted by Crippen LogP contribution is -2.08. The Bertz CT molecular complexity index is 495. The van der Waals surface area contributed by atoms with Gasteiger partial charge in [-0.15, -0.1) is 0 Å². The predicted molar refractivity (Wildman–Crippen MR) is 55.7 cm³/mol. The van der Waals surface area contributed by atoms with Gasteiger partial charge in [0.2, 0.25) is 6.17 Å². The molecule has 0 spiro atoms. The minimum atomic E-state index is -3.44. The molecular weight excluding hydrogens is 235 g/mol. The van der Waals surface area contributed by atoms with E-state index in [4.69, 9.17) is 5.11 Å². The first-order chi connectivity index (χ1) is 7.38. The maximum atomic E-state index is 13.1. The van der Waals surface area contributed by atoms with Gasteiger partial charge in [0.1, 0.15) is 0 Å². The van der Waals surface area contributed by atoms with Crippen molar-refractivity contribution < 1.29 is 22.7 Å². The Hall–Kier alpha value is -1.43. The average molecular weight is 246 g/mol. The van der Waals surface area contributed by atoms with Crippen molar-refractivity contribution >= 4 is 15.8 Å². The number of hydrogen-bond acceptors (Lipinski definition) is 3. The zero-order chi connectivity index (χ0) is 12.3. The number of aliphatic carboxylic acids is 1. The Balaban J connectivity index is 3.20. The standard InChI is InChI=1S/C10H11FO4S/c1-2-16(14,15)8-5-3-4-7(6-8)9(11)10(12)13/h3-6,9H,2H2,1H3,(H,12,13). The van der Waals surface area contributed by atoms with Gasteiger partial charge in [-0.2, -0.15) is 0 Å². The molecule has 16 heavy (non-hydrogen) atoms. The summed E-state index contributed by atoms with van der Waals surface area (Å²) in [6.07, 6.45) is -2.20. The largest absolute Gasteiger partial charge is 0.479 e. The number of benzene rings is 1. The fourth-order valence-corrected chi connectivity index (χ4v) is 2.11. The molecule has 0 bridgehead atoms. The van der Waals surface area contributed by atoms with Crippen LogP contribution in [0.3, 0.4) is 0 Å². The molecule has 0 aliphatic heterocycles. The lowest BCUT2D eigenvalue weighted by atomic mass is 10.1. The van der Waals surface area contributed by atoms with Crippen molar-refractivity contribution in [2.45, 2.75) is 18.0 Å². The highest BCUT2D eigenvalue weighted by Crippen LogP contribution is 2.21. The van der Waals surface area contributed by atoms with E-state index < -0.39 is 22.0 Å². The van der Waals surface area contributed by atoms with Crippen LogP contribution in [0, 0.1) is 0 Å². The van der Waals surface area contributed by atoms with E-state index in [1.54, 1.807) is 0 Å². The van der Waals surface area contributed by atoms with Crippen LogP contribution in [0.2, 0.25) is 0 Å². The van der Waals surface area contributed by atoms with Gasteiger partial charge in [0, 0.05) is 0 Å². The monoisotopic (exact) mass is 246 g/mol. The molecule has 0 radical (unpaired) electrons. The molecule has 0 fully saturated rings. The molecule has 0 aromatic heterocycles. The van der Waals surface area contributed by atoms with E-state index in [9.17, 15) is 17.6 Å². The molecule has 0 saturated heterocycles. The van der Waals surface area contributed by atoms with Gasteiger partial charge >= 0.3 is 5.97 Å². The number of carbonyl (C=O) groups is 1. The third-order valence-electron chi connectivity index (χ3n) is 2.11. The van der Waals surface area contributed by atoms with Crippen molar-refractivity contribution in [2.75, 3.05) is 5.75 Å². The summed E-state index contributed by atoms with van der Waals surface area (Å²) < 4.78 is 36.1. The normalized spacial score (nSPS) is 13.4. The summed E-state index contributed by atoms with van der Waals surface area (Å²) in [7, 11) is -3.44. The van der Waals surface area contributed by atoms with Crippen LogP contribution in [0.25, 0.3) is 0 Å². The van der Waals surface area contributed by atoms with Crippen LogP contribution in [-0.4, -0.2) is 25.2 Å². The molecule has 1 N–H and O–H groups in total. The molecule has 1 unspecified atom stereocenters. The van der Waals surface area contributed by atoms with Crippen LogP contribution >= 0.6 is 0 Å². The van der Waals surface area contributed by atoms with Crippen LogP contribution in [0.4, 0.5) is 4.39 Å². The predicted octanol–water partition coefficient (Wildman–Crippen LogP) is 1.58. The van der Waals surface area contributed by atoms with Crippen molar-refractivity contribution in [1.29, 1.82) is 0 Å². The first kappa shape index (κ1) is 12.6. The molecule has 1 aromatic carbocycles. The second-order valence-electron chi connectivity index (χ2n) is 3.18. The van der Waals surface area contributed by atoms with E-state index >= 15 is 0 Å². The number of sulfone groups is 1. The number of rotatable bonds is 4. The smallest absolute Gasteiger partial charge is 0.343 e. The Morgan fingerprint density at radius 1 is 1.50 bits per heavy atom. The topological polar surface area (TPSA) is 71.4 Å². The molecule has 0 amide bonds. The highest BCUT2D eigenvalue weighted by Gasteiger charge is 2.20. The first-order valence-corrected chi connectivity index (χ1v) is 6.23. The molecule has 6 heteroatoms. The molecule has 0 saturated carbocycles. The lowest BCUT2D eigenvalue weighted by Gasteiger charge is -2.06. The summed E-state index contributed by atoms with van der Waals surface area (Å²) in [6.45, 7) is 1.46. The van der Waals surface area contributed by atoms with E-state index in [1.165, 1.54) is 25.1 Å². The summed E-state index contributed by atoms with van der Waals surface area (Å²) in [6, 6.07) is 4.94. The molecule has 1 rings (SSSR count). The van der Waals surface area contributed by atoms with Crippen molar-refractivity contribution in [3.05, 3.63) is 29.8 Å². The Morgan fingerprint density at radius 2 is 2.12 bits per heavy atom. The van der Waals surface area contributed by atoms with Gasteiger partial charge in [-0.05, 0) is 17.7 Å². The molecule has 1 aromatic rings. The summed E-state index contributed by atoms with van der Waals surface area (Å²) in [5.41, 5.74) is -0.165. The van der Waals surface area contributed by atoms with Gasteiger partial charge in [0.25, 0.3) is 0 Å². The fraction of sp³-hybridized carbons (Fsp3) is 0.300. The highest BCUT2D eigenvalue weighted by atomic mass is 32.2. The van der Waals surface area contributed by atoms with Crippen molar-refractivity contribution in [3.63, 3.8) is 0 Å². The summed E-state index contributed by atoms with van der Waals surface area (Å²) >= 11 is 0. The second kappa shape index (κ2) is 4.61. The third-order valence-corrected chi connectivity index (χ3v) is 3.84.